The molecule has 5 aliphatic heterocycles. The predicted molar refractivity (Wildman–Crippen MR) is 467 cm³/mol. The van der Waals surface area contributed by atoms with Crippen molar-refractivity contribution in [2.24, 2.45) is 27.4 Å². The Morgan fingerprint density at radius 3 is 1.02 bits per heavy atom. The van der Waals surface area contributed by atoms with E-state index in [1.54, 1.807) is 30.6 Å². The van der Waals surface area contributed by atoms with Crippen LogP contribution < -0.4 is 21.3 Å². The van der Waals surface area contributed by atoms with Gasteiger partial charge in [-0.1, -0.05) is 160 Å². The second-order valence-electron chi connectivity index (χ2n) is 29.0. The Bertz CT molecular complexity index is 3730. The van der Waals surface area contributed by atoms with Gasteiger partial charge >= 0.3 is 47.9 Å². The van der Waals surface area contributed by atoms with Crippen LogP contribution in [0.1, 0.15) is 133 Å². The van der Waals surface area contributed by atoms with Gasteiger partial charge in [0.1, 0.15) is 5.54 Å². The Kier molecular flexibility index (Phi) is 53.8. The van der Waals surface area contributed by atoms with E-state index in [1.807, 2.05) is 127 Å². The summed E-state index contributed by atoms with van der Waals surface area (Å²) < 4.78 is 38.7. The van der Waals surface area contributed by atoms with E-state index >= 15 is 0 Å². The molecule has 5 saturated heterocycles. The molecule has 5 aromatic carbocycles. The number of nitrogens with two attached hydrogens (primary N) is 1. The lowest BCUT2D eigenvalue weighted by Gasteiger charge is -2.46. The number of benzene rings is 5. The normalized spacial score (nSPS) is 16.1. The van der Waals surface area contributed by atoms with Crippen LogP contribution >= 0.6 is 36.4 Å². The second kappa shape index (κ2) is 59.4. The molecule has 0 aromatic heterocycles. The van der Waals surface area contributed by atoms with Crippen LogP contribution in [0.15, 0.2) is 164 Å². The number of aliphatic hydroxyl groups is 1. The number of methoxy groups -OCH3 is 7. The first-order valence-electron chi connectivity index (χ1n) is 40.2. The van der Waals surface area contributed by atoms with Crippen molar-refractivity contribution in [2.75, 3.05) is 147 Å². The summed E-state index contributed by atoms with van der Waals surface area (Å²) in [6, 6.07) is 49.5. The lowest BCUT2D eigenvalue weighted by Crippen LogP contribution is -2.62. The fourth-order valence-electron chi connectivity index (χ4n) is 14.8. The van der Waals surface area contributed by atoms with E-state index in [4.69, 9.17) is 46.1 Å². The zero-order valence-corrected chi connectivity index (χ0v) is 74.3. The molecule has 5 fully saturated rings. The summed E-state index contributed by atoms with van der Waals surface area (Å²) in [7, 11) is 10.9. The van der Waals surface area contributed by atoms with Gasteiger partial charge in [0, 0.05) is 71.0 Å². The van der Waals surface area contributed by atoms with Crippen LogP contribution in [0.25, 0.3) is 0 Å². The van der Waals surface area contributed by atoms with Gasteiger partial charge in [-0.15, -0.1) is 24.8 Å². The third kappa shape index (κ3) is 35.8. The summed E-state index contributed by atoms with van der Waals surface area (Å²) in [5, 5.41) is 13.3. The number of carbonyl (C=O) groups is 11. The maximum absolute atomic E-state index is 12.8. The summed E-state index contributed by atoms with van der Waals surface area (Å²) in [6.45, 7) is 17.4. The molecule has 0 aliphatic carbocycles. The number of anilines is 1. The monoisotopic (exact) mass is 1730 g/mol. The van der Waals surface area contributed by atoms with Gasteiger partial charge in [-0.2, -0.15) is 0 Å². The molecule has 5 N–H and O–H groups in total. The SMILES string of the molecule is C=CC(=O)OC.CCC(=O)Cl.CCC(=O)N(c1ccccc1)C1(C(=O)OC)CCN(CCC(=O)OC)CC1.CCOC(=O)N1CCC(Cc2ccccc2)(C(N)=O)CC1.CO.COC(=O)C1(Cc2ccccc2)CCNCC1.COC(=O)C1(Cc2ccccc2)CCNCC1.COC(=O)CCN1CCC(Cc2ccccc2)(C(=O)OC)CC1.Cl.Cl. The number of carbonyl (C=O) groups excluding carboxylic acids is 11. The van der Waals surface area contributed by atoms with Crippen LogP contribution in [-0.4, -0.2) is 232 Å². The molecule has 120 heavy (non-hydrogen) atoms. The first kappa shape index (κ1) is 109. The van der Waals surface area contributed by atoms with Crippen LogP contribution in [0.3, 0.4) is 0 Å². The molecule has 0 unspecified atom stereocenters. The van der Waals surface area contributed by atoms with Crippen molar-refractivity contribution in [3.05, 3.63) is 187 Å². The molecule has 5 aliphatic rings. The zero-order valence-electron chi connectivity index (χ0n) is 71.9. The Hall–Kier alpha value is -9.32. The quantitative estimate of drug-likeness (QED) is 0.0182. The average Bonchev–Trinajstić information content (AvgIpc) is 0.754. The molecule has 5 aromatic rings. The highest BCUT2D eigenvalue weighted by atomic mass is 35.5. The topological polar surface area (TPSA) is 345 Å². The molecule has 0 spiro atoms. The van der Waals surface area contributed by atoms with Crippen LogP contribution in [0.2, 0.25) is 0 Å². The van der Waals surface area contributed by atoms with Gasteiger partial charge in [-0.25, -0.2) is 14.4 Å². The highest BCUT2D eigenvalue weighted by molar-refractivity contribution is 6.63. The van der Waals surface area contributed by atoms with E-state index in [9.17, 15) is 52.7 Å². The summed E-state index contributed by atoms with van der Waals surface area (Å²) >= 11 is 4.82. The Morgan fingerprint density at radius 2 is 0.750 bits per heavy atom. The number of hydrogen-bond acceptors (Lipinski definition) is 24. The number of amides is 3. The molecule has 5 heterocycles. The summed E-state index contributed by atoms with van der Waals surface area (Å²) in [6.07, 6.45) is 12.1. The Balaban J connectivity index is 0.000000724. The minimum atomic E-state index is -1.04. The first-order valence-corrected chi connectivity index (χ1v) is 40.6. The van der Waals surface area contributed by atoms with Crippen molar-refractivity contribution < 1.29 is 95.7 Å². The minimum absolute atomic E-state index is 0. The number of nitrogens with zero attached hydrogens (tertiary/aromatic N) is 4. The van der Waals surface area contributed by atoms with Gasteiger partial charge in [0.25, 0.3) is 0 Å². The number of esters is 7. The molecule has 30 heteroatoms. The zero-order chi connectivity index (χ0) is 87.4. The number of halogens is 3. The van der Waals surface area contributed by atoms with E-state index in [0.717, 1.165) is 115 Å². The number of ether oxygens (including phenoxy) is 8. The van der Waals surface area contributed by atoms with E-state index in [2.05, 4.69) is 65.5 Å². The number of piperidine rings is 5. The Morgan fingerprint density at radius 1 is 0.442 bits per heavy atom. The molecule has 0 atom stereocenters. The van der Waals surface area contributed by atoms with Gasteiger partial charge in [0.15, 0.2) is 0 Å². The van der Waals surface area contributed by atoms with Crippen LogP contribution in [0, 0.1) is 21.7 Å². The van der Waals surface area contributed by atoms with Crippen molar-refractivity contribution in [2.45, 2.75) is 142 Å². The van der Waals surface area contributed by atoms with Crippen molar-refractivity contribution >= 4 is 107 Å². The van der Waals surface area contributed by atoms with Crippen molar-refractivity contribution in [3.63, 3.8) is 0 Å². The molecule has 3 amide bonds. The number of likely N-dealkylation sites (tertiary alicyclic amines) is 3. The molecule has 666 valence electrons. The van der Waals surface area contributed by atoms with Gasteiger partial charge < -0.3 is 74.1 Å². The fraction of sp³-hybridized carbons (Fsp3) is 0.522. The van der Waals surface area contributed by atoms with Gasteiger partial charge in [-0.05, 0) is 182 Å². The van der Waals surface area contributed by atoms with Gasteiger partial charge in [0.05, 0.1) is 90.9 Å². The highest BCUT2D eigenvalue weighted by Gasteiger charge is 2.51. The smallest absolute Gasteiger partial charge is 0.409 e. The lowest BCUT2D eigenvalue weighted by molar-refractivity contribution is -0.156. The molecular formula is C90H130Cl3N7O20. The van der Waals surface area contributed by atoms with Gasteiger partial charge in [-0.3, -0.25) is 43.3 Å². The molecule has 27 nitrogen and oxygen atoms in total. The second-order valence-corrected chi connectivity index (χ2v) is 29.4. The summed E-state index contributed by atoms with van der Waals surface area (Å²) in [5.41, 5.74) is 8.29. The average molecular weight is 1740 g/mol. The number of hydrogen-bond donors (Lipinski definition) is 4. The van der Waals surface area contributed by atoms with Gasteiger partial charge in [0.2, 0.25) is 17.1 Å². The Labute approximate surface area is 726 Å². The molecule has 10 rings (SSSR count). The number of aliphatic hydroxyl groups excluding tert-OH is 1. The third-order valence-corrected chi connectivity index (χ3v) is 22.0. The summed E-state index contributed by atoms with van der Waals surface area (Å²) in [4.78, 5) is 135. The summed E-state index contributed by atoms with van der Waals surface area (Å²) in [5.74, 6) is -1.91. The van der Waals surface area contributed by atoms with E-state index in [-0.39, 0.29) is 88.6 Å². The molecule has 0 radical (unpaired) electrons. The van der Waals surface area contributed by atoms with Crippen molar-refractivity contribution in [1.82, 2.24) is 25.3 Å². The van der Waals surface area contributed by atoms with E-state index < -0.39 is 28.3 Å². The number of nitrogens with one attached hydrogen (secondary N) is 2. The first-order chi connectivity index (χ1) is 56.8. The molecule has 0 saturated carbocycles. The standard InChI is InChI=1S/C20H28N2O5.C18H25NO4.C16H22N2O3.2C14H19NO2.C4H6O2.C3H5ClO.CH4O.2ClH/c1-4-17(23)22(16-8-6-5-7-9-16)20(19(25)27-3)11-14-21(15-12-20)13-10-18(24)26-2;1-22-16(20)8-11-19-12-9-18(10-13-19,17(21)23-2)14-15-6-4-3-5-7-15;1-2-21-15(20)18-10-8-16(9-11-18,14(17)19)12-13-6-4-3-5-7-13;2*1-17-13(16)14(7-9-15-10-8-14)11-12-5-3-2-4-6-12;1-3-4(5)6-2;1-2-3(4)5;1-2;;/h5-9H,4,10-15H2,1-3H3;3-7H,8-14H2,1-2H3;3-7H,2,8-12H2,1H3,(H2,17,19);2*2-6,15H,7-11H2,1H3;3H,1H2,2H3;2H2,1H3;2H,1H3;2*1H. The number of primary amides is 1. The largest absolute Gasteiger partial charge is 0.469 e. The van der Waals surface area contributed by atoms with Crippen molar-refractivity contribution in [3.8, 4) is 0 Å². The number of rotatable bonds is 25. The predicted octanol–water partition coefficient (Wildman–Crippen LogP) is 11.5. The van der Waals surface area contributed by atoms with Crippen LogP contribution in [0.4, 0.5) is 10.5 Å². The third-order valence-electron chi connectivity index (χ3n) is 21.7. The molecule has 0 bridgehead atoms. The van der Waals surface area contributed by atoms with Crippen LogP contribution in [-0.2, 0) is 112 Å². The maximum Gasteiger partial charge on any atom is 0.409 e. The van der Waals surface area contributed by atoms with E-state index in [0.29, 0.717) is 116 Å². The van der Waals surface area contributed by atoms with Crippen molar-refractivity contribution in [1.29, 1.82) is 0 Å². The van der Waals surface area contributed by atoms with Crippen LogP contribution in [0.5, 0.6) is 0 Å². The number of para-hydroxylation sites is 1. The maximum atomic E-state index is 12.8. The lowest BCUT2D eigenvalue weighted by atomic mass is 9.73. The molecular weight excluding hydrogens is 1610 g/mol. The highest BCUT2D eigenvalue weighted by Crippen LogP contribution is 2.40. The fourth-order valence-corrected chi connectivity index (χ4v) is 14.8. The van der Waals surface area contributed by atoms with E-state index in [1.165, 1.54) is 60.9 Å². The minimum Gasteiger partial charge on any atom is -0.469 e.